The third-order valence-corrected chi connectivity index (χ3v) is 2.82. The maximum Gasteiger partial charge on any atom is 0.251 e. The highest BCUT2D eigenvalue weighted by Gasteiger charge is 2.05. The highest BCUT2D eigenvalue weighted by Crippen LogP contribution is 2.22. The first-order chi connectivity index (χ1) is 6.65. The van der Waals surface area contributed by atoms with Crippen molar-refractivity contribution in [1.29, 1.82) is 0 Å². The van der Waals surface area contributed by atoms with Crippen LogP contribution in [0.25, 0.3) is 0 Å². The van der Waals surface area contributed by atoms with E-state index in [2.05, 4.69) is 27.8 Å². The van der Waals surface area contributed by atoms with Gasteiger partial charge in [-0.25, -0.2) is 0 Å². The second kappa shape index (κ2) is 5.17. The number of rotatable bonds is 3. The van der Waals surface area contributed by atoms with E-state index in [1.165, 1.54) is 0 Å². The van der Waals surface area contributed by atoms with Crippen molar-refractivity contribution >= 4 is 33.4 Å². The van der Waals surface area contributed by atoms with Crippen molar-refractivity contribution in [3.05, 3.63) is 45.9 Å². The van der Waals surface area contributed by atoms with Gasteiger partial charge in [0.05, 0.1) is 5.02 Å². The van der Waals surface area contributed by atoms with Gasteiger partial charge in [0, 0.05) is 16.6 Å². The molecule has 2 nitrogen and oxygen atoms in total. The maximum atomic E-state index is 11.4. The van der Waals surface area contributed by atoms with Crippen LogP contribution in [0, 0.1) is 0 Å². The molecule has 14 heavy (non-hydrogen) atoms. The summed E-state index contributed by atoms with van der Waals surface area (Å²) in [6.45, 7) is 3.96. The van der Waals surface area contributed by atoms with Crippen LogP contribution in [0.5, 0.6) is 0 Å². The molecule has 0 aliphatic carbocycles. The molecule has 1 N–H and O–H groups in total. The number of halogens is 2. The van der Waals surface area contributed by atoms with Crippen molar-refractivity contribution in [2.24, 2.45) is 0 Å². The lowest BCUT2D eigenvalue weighted by molar-refractivity contribution is 0.0958. The van der Waals surface area contributed by atoms with Crippen molar-refractivity contribution in [3.8, 4) is 0 Å². The largest absolute Gasteiger partial charge is 0.349 e. The Morgan fingerprint density at radius 1 is 1.64 bits per heavy atom. The predicted octanol–water partition coefficient (Wildman–Crippen LogP) is 3.02. The van der Waals surface area contributed by atoms with E-state index in [1.54, 1.807) is 24.3 Å². The maximum absolute atomic E-state index is 11.4. The summed E-state index contributed by atoms with van der Waals surface area (Å²) in [6, 6.07) is 5.06. The van der Waals surface area contributed by atoms with Crippen LogP contribution in [0.4, 0.5) is 0 Å². The van der Waals surface area contributed by atoms with E-state index in [0.717, 1.165) is 4.47 Å². The first-order valence-corrected chi connectivity index (χ1v) is 5.16. The molecule has 0 saturated heterocycles. The molecule has 0 aliphatic heterocycles. The van der Waals surface area contributed by atoms with Crippen molar-refractivity contribution in [1.82, 2.24) is 5.32 Å². The van der Waals surface area contributed by atoms with Gasteiger partial charge in [0.25, 0.3) is 5.91 Å². The first-order valence-electron chi connectivity index (χ1n) is 3.99. The third-order valence-electron chi connectivity index (χ3n) is 1.59. The van der Waals surface area contributed by atoms with Crippen LogP contribution in [0.3, 0.4) is 0 Å². The fourth-order valence-corrected chi connectivity index (χ4v) is 1.33. The van der Waals surface area contributed by atoms with Gasteiger partial charge in [0.15, 0.2) is 0 Å². The molecule has 0 fully saturated rings. The van der Waals surface area contributed by atoms with E-state index in [4.69, 9.17) is 11.6 Å². The van der Waals surface area contributed by atoms with Crippen molar-refractivity contribution < 1.29 is 4.79 Å². The Hall–Kier alpha value is -0.800. The molecule has 0 bridgehead atoms. The summed E-state index contributed by atoms with van der Waals surface area (Å²) in [6.07, 6.45) is 1.62. The minimum absolute atomic E-state index is 0.153. The van der Waals surface area contributed by atoms with Gasteiger partial charge in [0.1, 0.15) is 0 Å². The molecule has 0 aromatic heterocycles. The lowest BCUT2D eigenvalue weighted by Crippen LogP contribution is -2.23. The molecule has 1 rings (SSSR count). The fraction of sp³-hybridized carbons (Fsp3) is 0.100. The molecule has 0 unspecified atom stereocenters. The summed E-state index contributed by atoms with van der Waals surface area (Å²) in [5.41, 5.74) is 0.542. The Balaban J connectivity index is 2.80. The second-order valence-electron chi connectivity index (χ2n) is 2.63. The van der Waals surface area contributed by atoms with Gasteiger partial charge in [-0.2, -0.15) is 0 Å². The number of benzene rings is 1. The van der Waals surface area contributed by atoms with E-state index in [0.29, 0.717) is 17.1 Å². The topological polar surface area (TPSA) is 29.1 Å². The summed E-state index contributed by atoms with van der Waals surface area (Å²) in [5.74, 6) is -0.153. The van der Waals surface area contributed by atoms with Gasteiger partial charge in [-0.3, -0.25) is 4.79 Å². The van der Waals surface area contributed by atoms with E-state index in [1.807, 2.05) is 0 Å². The Morgan fingerprint density at radius 2 is 2.36 bits per heavy atom. The summed E-state index contributed by atoms with van der Waals surface area (Å²) in [4.78, 5) is 11.4. The Bertz CT molecular complexity index is 365. The van der Waals surface area contributed by atoms with E-state index >= 15 is 0 Å². The lowest BCUT2D eigenvalue weighted by atomic mass is 10.2. The van der Waals surface area contributed by atoms with E-state index < -0.39 is 0 Å². The number of amides is 1. The molecule has 1 aromatic carbocycles. The van der Waals surface area contributed by atoms with Crippen LogP contribution >= 0.6 is 27.5 Å². The van der Waals surface area contributed by atoms with Crippen LogP contribution in [0.2, 0.25) is 5.02 Å². The SMILES string of the molecule is C=CCNC(=O)c1ccc(Br)c(Cl)c1. The zero-order valence-electron chi connectivity index (χ0n) is 7.39. The molecule has 1 amide bonds. The quantitative estimate of drug-likeness (QED) is 0.844. The van der Waals surface area contributed by atoms with Gasteiger partial charge in [-0.15, -0.1) is 6.58 Å². The first kappa shape index (κ1) is 11.3. The van der Waals surface area contributed by atoms with E-state index in [9.17, 15) is 4.79 Å². The number of nitrogens with one attached hydrogen (secondary N) is 1. The average molecular weight is 275 g/mol. The Labute approximate surface area is 96.1 Å². The van der Waals surface area contributed by atoms with Gasteiger partial charge in [-0.1, -0.05) is 17.7 Å². The lowest BCUT2D eigenvalue weighted by Gasteiger charge is -2.03. The van der Waals surface area contributed by atoms with Crippen LogP contribution < -0.4 is 5.32 Å². The number of hydrogen-bond donors (Lipinski definition) is 1. The van der Waals surface area contributed by atoms with Crippen LogP contribution in [0.1, 0.15) is 10.4 Å². The smallest absolute Gasteiger partial charge is 0.251 e. The summed E-state index contributed by atoms with van der Waals surface area (Å²) >= 11 is 9.10. The summed E-state index contributed by atoms with van der Waals surface area (Å²) in [5, 5.41) is 3.19. The van der Waals surface area contributed by atoms with Gasteiger partial charge >= 0.3 is 0 Å². The average Bonchev–Trinajstić information content (AvgIpc) is 2.18. The standard InChI is InChI=1S/C10H9BrClNO/c1-2-5-13-10(14)7-3-4-8(11)9(12)6-7/h2-4,6H,1,5H2,(H,13,14). The zero-order chi connectivity index (χ0) is 10.6. The highest BCUT2D eigenvalue weighted by atomic mass is 79.9. The van der Waals surface area contributed by atoms with Gasteiger partial charge in [-0.05, 0) is 34.1 Å². The number of carbonyl (C=O) groups is 1. The van der Waals surface area contributed by atoms with Crippen LogP contribution in [0.15, 0.2) is 35.3 Å². The van der Waals surface area contributed by atoms with Crippen LogP contribution in [-0.4, -0.2) is 12.5 Å². The van der Waals surface area contributed by atoms with Crippen molar-refractivity contribution in [2.75, 3.05) is 6.54 Å². The van der Waals surface area contributed by atoms with Crippen molar-refractivity contribution in [3.63, 3.8) is 0 Å². The fourth-order valence-electron chi connectivity index (χ4n) is 0.904. The summed E-state index contributed by atoms with van der Waals surface area (Å²) < 4.78 is 0.777. The zero-order valence-corrected chi connectivity index (χ0v) is 9.73. The molecule has 0 atom stereocenters. The monoisotopic (exact) mass is 273 g/mol. The minimum atomic E-state index is -0.153. The molecule has 4 heteroatoms. The predicted molar refractivity (Wildman–Crippen MR) is 61.7 cm³/mol. The normalized spacial score (nSPS) is 9.57. The molecule has 0 radical (unpaired) electrons. The van der Waals surface area contributed by atoms with Crippen LogP contribution in [-0.2, 0) is 0 Å². The molecule has 0 saturated carbocycles. The molecule has 1 aromatic rings. The molecular formula is C10H9BrClNO. The summed E-state index contributed by atoms with van der Waals surface area (Å²) in [7, 11) is 0. The Kier molecular flexibility index (Phi) is 4.17. The number of hydrogen-bond acceptors (Lipinski definition) is 1. The molecule has 0 heterocycles. The molecule has 0 aliphatic rings. The molecule has 74 valence electrons. The second-order valence-corrected chi connectivity index (χ2v) is 3.89. The van der Waals surface area contributed by atoms with Gasteiger partial charge < -0.3 is 5.32 Å². The third kappa shape index (κ3) is 2.86. The highest BCUT2D eigenvalue weighted by molar-refractivity contribution is 9.10. The van der Waals surface area contributed by atoms with Crippen molar-refractivity contribution in [2.45, 2.75) is 0 Å². The minimum Gasteiger partial charge on any atom is -0.349 e. The van der Waals surface area contributed by atoms with Gasteiger partial charge in [0.2, 0.25) is 0 Å². The Morgan fingerprint density at radius 3 is 2.93 bits per heavy atom. The number of carbonyl (C=O) groups excluding carboxylic acids is 1. The molecule has 0 spiro atoms. The molecular weight excluding hydrogens is 265 g/mol. The van der Waals surface area contributed by atoms with E-state index in [-0.39, 0.29) is 5.91 Å².